The minimum atomic E-state index is -4.43. The predicted octanol–water partition coefficient (Wildman–Crippen LogP) is 2.29. The molecule has 1 heterocycles. The maximum Gasteiger partial charge on any atom is 0.425 e. The Morgan fingerprint density at radius 3 is 2.55 bits per heavy atom. The lowest BCUT2D eigenvalue weighted by molar-refractivity contribution is -0.142. The van der Waals surface area contributed by atoms with Crippen LogP contribution in [0, 0.1) is 5.92 Å². The highest BCUT2D eigenvalue weighted by molar-refractivity contribution is 7.10. The molecule has 2 N–H and O–H groups in total. The van der Waals surface area contributed by atoms with Crippen LogP contribution in [0.3, 0.4) is 0 Å². The number of hydrogen-bond acceptors (Lipinski definition) is 3. The van der Waals surface area contributed by atoms with Crippen LogP contribution in [0.15, 0.2) is 11.4 Å². The molecule has 1 aromatic heterocycles. The molecular weight excluding hydrogens is 295 g/mol. The molecule has 0 saturated heterocycles. The smallest absolute Gasteiger partial charge is 0.425 e. The summed E-state index contributed by atoms with van der Waals surface area (Å²) in [5, 5.41) is 12.6. The first-order chi connectivity index (χ1) is 9.27. The van der Waals surface area contributed by atoms with Gasteiger partial charge in [0.05, 0.1) is 0 Å². The lowest BCUT2D eigenvalue weighted by atomic mass is 10.1. The van der Waals surface area contributed by atoms with Gasteiger partial charge in [0.15, 0.2) is 0 Å². The van der Waals surface area contributed by atoms with Crippen molar-refractivity contribution in [3.8, 4) is 0 Å². The average molecular weight is 307 g/mol. The largest absolute Gasteiger partial charge is 0.480 e. The Morgan fingerprint density at radius 1 is 1.45 bits per heavy atom. The zero-order valence-electron chi connectivity index (χ0n) is 10.2. The maximum absolute atomic E-state index is 12.4. The third-order valence-corrected chi connectivity index (χ3v) is 3.96. The Hall–Kier alpha value is -1.57. The molecule has 0 bridgehead atoms. The second-order valence-corrected chi connectivity index (χ2v) is 5.61. The van der Waals surface area contributed by atoms with Gasteiger partial charge >= 0.3 is 12.1 Å². The number of hydrogen-bond donors (Lipinski definition) is 2. The van der Waals surface area contributed by atoms with E-state index < -0.39 is 23.1 Å². The molecule has 8 heteroatoms. The van der Waals surface area contributed by atoms with Crippen LogP contribution in [0.5, 0.6) is 0 Å². The van der Waals surface area contributed by atoms with Gasteiger partial charge in [-0.15, -0.1) is 11.3 Å². The second kappa shape index (κ2) is 5.43. The molecule has 1 saturated carbocycles. The minimum absolute atomic E-state index is 0.148. The van der Waals surface area contributed by atoms with E-state index in [1.165, 1.54) is 5.38 Å². The van der Waals surface area contributed by atoms with Crippen LogP contribution in [0.4, 0.5) is 13.2 Å². The number of rotatable bonds is 5. The van der Waals surface area contributed by atoms with E-state index in [1.54, 1.807) is 0 Å². The summed E-state index contributed by atoms with van der Waals surface area (Å²) in [5.41, 5.74) is 0.255. The fourth-order valence-electron chi connectivity index (χ4n) is 1.70. The summed E-state index contributed by atoms with van der Waals surface area (Å²) in [5.74, 6) is -1.74. The van der Waals surface area contributed by atoms with Crippen molar-refractivity contribution in [3.05, 3.63) is 21.9 Å². The summed E-state index contributed by atoms with van der Waals surface area (Å²) in [6, 6.07) is -0.275. The van der Waals surface area contributed by atoms with Crippen LogP contribution >= 0.6 is 11.3 Å². The Bertz CT molecular complexity index is 522. The number of carbonyl (C=O) groups excluding carboxylic acids is 1. The van der Waals surface area contributed by atoms with Crippen molar-refractivity contribution in [2.24, 2.45) is 5.92 Å². The Labute approximate surface area is 116 Å². The zero-order chi connectivity index (χ0) is 14.9. The summed E-state index contributed by atoms with van der Waals surface area (Å²) < 4.78 is 37.3. The standard InChI is InChI=1S/C12H12F3NO3S/c13-12(14,15)9-4-6(5-20-9)3-8(11(18)19)16-10(17)7-1-2-7/h4-5,7-8H,1-3H2,(H,16,17)(H,18,19). The van der Waals surface area contributed by atoms with Crippen molar-refractivity contribution in [1.82, 2.24) is 5.32 Å². The number of carboxylic acid groups (broad SMARTS) is 1. The van der Waals surface area contributed by atoms with Gasteiger partial charge in [0, 0.05) is 12.3 Å². The molecule has 1 aliphatic rings. The number of thiophene rings is 1. The van der Waals surface area contributed by atoms with E-state index in [0.29, 0.717) is 11.3 Å². The van der Waals surface area contributed by atoms with Crippen molar-refractivity contribution in [1.29, 1.82) is 0 Å². The van der Waals surface area contributed by atoms with Crippen LogP contribution in [0.1, 0.15) is 23.3 Å². The van der Waals surface area contributed by atoms with Crippen LogP contribution in [0.2, 0.25) is 0 Å². The molecular formula is C12H12F3NO3S. The van der Waals surface area contributed by atoms with Crippen molar-refractivity contribution in [2.45, 2.75) is 31.5 Å². The maximum atomic E-state index is 12.4. The van der Waals surface area contributed by atoms with Crippen LogP contribution in [-0.4, -0.2) is 23.0 Å². The summed E-state index contributed by atoms with van der Waals surface area (Å²) >= 11 is 0.517. The molecule has 20 heavy (non-hydrogen) atoms. The molecule has 0 aromatic carbocycles. The Kier molecular flexibility index (Phi) is 4.03. The summed E-state index contributed by atoms with van der Waals surface area (Å²) in [6.45, 7) is 0. The van der Waals surface area contributed by atoms with Crippen molar-refractivity contribution >= 4 is 23.2 Å². The molecule has 0 spiro atoms. The molecule has 0 radical (unpaired) electrons. The predicted molar refractivity (Wildman–Crippen MR) is 65.3 cm³/mol. The molecule has 1 unspecified atom stereocenters. The molecule has 2 rings (SSSR count). The van der Waals surface area contributed by atoms with E-state index in [-0.39, 0.29) is 23.8 Å². The SMILES string of the molecule is O=C(NC(Cc1csc(C(F)(F)F)c1)C(=O)O)C1CC1. The van der Waals surface area contributed by atoms with Crippen LogP contribution in [0.25, 0.3) is 0 Å². The van der Waals surface area contributed by atoms with Crippen molar-refractivity contribution < 1.29 is 27.9 Å². The normalized spacial score (nSPS) is 16.8. The van der Waals surface area contributed by atoms with Crippen LogP contribution in [-0.2, 0) is 22.2 Å². The zero-order valence-corrected chi connectivity index (χ0v) is 11.1. The minimum Gasteiger partial charge on any atom is -0.480 e. The summed E-state index contributed by atoms with van der Waals surface area (Å²) in [6.07, 6.45) is -3.12. The molecule has 1 amide bonds. The van der Waals surface area contributed by atoms with Gasteiger partial charge < -0.3 is 10.4 Å². The van der Waals surface area contributed by atoms with Gasteiger partial charge in [0.25, 0.3) is 0 Å². The fourth-order valence-corrected chi connectivity index (χ4v) is 2.50. The van der Waals surface area contributed by atoms with Gasteiger partial charge in [-0.2, -0.15) is 13.2 Å². The van der Waals surface area contributed by atoms with E-state index in [0.717, 1.165) is 18.9 Å². The summed E-state index contributed by atoms with van der Waals surface area (Å²) in [7, 11) is 0. The third kappa shape index (κ3) is 3.72. The van der Waals surface area contributed by atoms with E-state index in [9.17, 15) is 22.8 Å². The van der Waals surface area contributed by atoms with E-state index in [2.05, 4.69) is 5.32 Å². The third-order valence-electron chi connectivity index (χ3n) is 2.94. The second-order valence-electron chi connectivity index (χ2n) is 4.69. The number of amides is 1. The molecule has 4 nitrogen and oxygen atoms in total. The number of aliphatic carboxylic acids is 1. The highest BCUT2D eigenvalue weighted by atomic mass is 32.1. The number of alkyl halides is 3. The first-order valence-corrected chi connectivity index (χ1v) is 6.83. The monoisotopic (exact) mass is 307 g/mol. The topological polar surface area (TPSA) is 66.4 Å². The number of carbonyl (C=O) groups is 2. The number of nitrogens with one attached hydrogen (secondary N) is 1. The first kappa shape index (κ1) is 14.8. The van der Waals surface area contributed by atoms with Gasteiger partial charge in [0.2, 0.25) is 5.91 Å². The van der Waals surface area contributed by atoms with Gasteiger partial charge in [-0.05, 0) is 29.9 Å². The van der Waals surface area contributed by atoms with Gasteiger partial charge in [0.1, 0.15) is 10.9 Å². The fraction of sp³-hybridized carbons (Fsp3) is 0.500. The molecule has 1 fully saturated rings. The molecule has 1 atom stereocenters. The van der Waals surface area contributed by atoms with Crippen molar-refractivity contribution in [3.63, 3.8) is 0 Å². The first-order valence-electron chi connectivity index (χ1n) is 5.95. The van der Waals surface area contributed by atoms with E-state index in [4.69, 9.17) is 5.11 Å². The summed E-state index contributed by atoms with van der Waals surface area (Å²) in [4.78, 5) is 21.8. The lowest BCUT2D eigenvalue weighted by Gasteiger charge is -2.13. The molecule has 1 aliphatic carbocycles. The average Bonchev–Trinajstić information content (AvgIpc) is 3.07. The highest BCUT2D eigenvalue weighted by Gasteiger charge is 2.34. The Morgan fingerprint density at radius 2 is 2.10 bits per heavy atom. The van der Waals surface area contributed by atoms with Crippen molar-refractivity contribution in [2.75, 3.05) is 0 Å². The molecule has 0 aliphatic heterocycles. The van der Waals surface area contributed by atoms with Gasteiger partial charge in [-0.3, -0.25) is 4.79 Å². The van der Waals surface area contributed by atoms with E-state index in [1.807, 2.05) is 0 Å². The number of halogens is 3. The van der Waals surface area contributed by atoms with Gasteiger partial charge in [-0.1, -0.05) is 0 Å². The highest BCUT2D eigenvalue weighted by Crippen LogP contribution is 2.34. The van der Waals surface area contributed by atoms with Crippen LogP contribution < -0.4 is 5.32 Å². The lowest BCUT2D eigenvalue weighted by Crippen LogP contribution is -2.42. The van der Waals surface area contributed by atoms with Gasteiger partial charge in [-0.25, -0.2) is 4.79 Å². The van der Waals surface area contributed by atoms with E-state index >= 15 is 0 Å². The quantitative estimate of drug-likeness (QED) is 0.877. The molecule has 1 aromatic rings. The Balaban J connectivity index is 2.02. The number of carboxylic acids is 1. The molecule has 110 valence electrons.